The van der Waals surface area contributed by atoms with E-state index in [1.165, 1.54) is 0 Å². The first-order valence-corrected chi connectivity index (χ1v) is 9.53. The third kappa shape index (κ3) is 8.09. The largest absolute Gasteiger partial charge is 0.489 e. The number of anilines is 2. The van der Waals surface area contributed by atoms with Gasteiger partial charge in [0.05, 0.1) is 6.54 Å². The lowest BCUT2D eigenvalue weighted by molar-refractivity contribution is -0.128. The topological polar surface area (TPSA) is 70.7 Å². The van der Waals surface area contributed by atoms with E-state index in [2.05, 4.69) is 17.2 Å². The molecule has 0 saturated carbocycles. The fraction of sp³-hybridized carbons (Fsp3) is 0.304. The predicted molar refractivity (Wildman–Crippen MR) is 117 cm³/mol. The number of hydrogen-bond acceptors (Lipinski definition) is 4. The number of nitrogens with one attached hydrogen (secondary N) is 2. The SMILES string of the molecule is C=C(C)COc1ccc(NC(=O)CNc2cccc(CCC(=O)N(C)C)c2)cc1. The molecule has 0 aliphatic rings. The highest BCUT2D eigenvalue weighted by atomic mass is 16.5. The van der Waals surface area contributed by atoms with Crippen molar-refractivity contribution in [2.75, 3.05) is 37.9 Å². The molecule has 154 valence electrons. The van der Waals surface area contributed by atoms with E-state index in [1.807, 2.05) is 43.3 Å². The Balaban J connectivity index is 1.80. The molecule has 2 rings (SSSR count). The lowest BCUT2D eigenvalue weighted by Gasteiger charge is -2.11. The van der Waals surface area contributed by atoms with Crippen LogP contribution in [0.4, 0.5) is 11.4 Å². The van der Waals surface area contributed by atoms with Gasteiger partial charge in [0.15, 0.2) is 0 Å². The molecule has 2 aromatic rings. The van der Waals surface area contributed by atoms with E-state index >= 15 is 0 Å². The van der Waals surface area contributed by atoms with Crippen LogP contribution in [0.5, 0.6) is 5.75 Å². The van der Waals surface area contributed by atoms with Gasteiger partial charge in [-0.05, 0) is 60.9 Å². The zero-order chi connectivity index (χ0) is 21.2. The first-order valence-electron chi connectivity index (χ1n) is 9.53. The van der Waals surface area contributed by atoms with Crippen LogP contribution >= 0.6 is 0 Å². The van der Waals surface area contributed by atoms with Crippen LogP contribution in [0.25, 0.3) is 0 Å². The summed E-state index contributed by atoms with van der Waals surface area (Å²) in [5.41, 5.74) is 3.55. The van der Waals surface area contributed by atoms with Crippen molar-refractivity contribution in [2.24, 2.45) is 0 Å². The maximum absolute atomic E-state index is 12.2. The van der Waals surface area contributed by atoms with Gasteiger partial charge in [0.25, 0.3) is 0 Å². The molecule has 0 aliphatic carbocycles. The normalized spacial score (nSPS) is 10.2. The van der Waals surface area contributed by atoms with E-state index in [4.69, 9.17) is 4.74 Å². The van der Waals surface area contributed by atoms with Crippen LogP contribution in [-0.4, -0.2) is 44.0 Å². The highest BCUT2D eigenvalue weighted by Crippen LogP contribution is 2.16. The molecule has 29 heavy (non-hydrogen) atoms. The van der Waals surface area contributed by atoms with Crippen LogP contribution < -0.4 is 15.4 Å². The molecule has 0 bridgehead atoms. The standard InChI is InChI=1S/C23H29N3O3/c1-17(2)16-29-21-11-9-19(10-12-21)25-22(27)15-24-20-7-5-6-18(14-20)8-13-23(28)26(3)4/h5-7,9-12,14,24H,1,8,13,15-16H2,2-4H3,(H,25,27). The van der Waals surface area contributed by atoms with Crippen molar-refractivity contribution in [1.82, 2.24) is 4.90 Å². The smallest absolute Gasteiger partial charge is 0.243 e. The predicted octanol–water partition coefficient (Wildman–Crippen LogP) is 3.71. The van der Waals surface area contributed by atoms with Crippen LogP contribution in [0.1, 0.15) is 18.9 Å². The van der Waals surface area contributed by atoms with E-state index in [0.29, 0.717) is 25.1 Å². The van der Waals surface area contributed by atoms with Gasteiger partial charge in [-0.3, -0.25) is 9.59 Å². The Hall–Kier alpha value is -3.28. The van der Waals surface area contributed by atoms with Crippen LogP contribution in [-0.2, 0) is 16.0 Å². The van der Waals surface area contributed by atoms with Crippen molar-refractivity contribution in [2.45, 2.75) is 19.8 Å². The average Bonchev–Trinajstić information content (AvgIpc) is 2.70. The van der Waals surface area contributed by atoms with Crippen LogP contribution in [0.3, 0.4) is 0 Å². The molecular formula is C23H29N3O3. The number of carbonyl (C=O) groups is 2. The molecule has 6 heteroatoms. The summed E-state index contributed by atoms with van der Waals surface area (Å²) in [7, 11) is 3.50. The van der Waals surface area contributed by atoms with Gasteiger partial charge in [0.1, 0.15) is 12.4 Å². The highest BCUT2D eigenvalue weighted by molar-refractivity contribution is 5.93. The summed E-state index contributed by atoms with van der Waals surface area (Å²) < 4.78 is 5.54. The Bertz CT molecular complexity index is 845. The summed E-state index contributed by atoms with van der Waals surface area (Å²) >= 11 is 0. The Kier molecular flexibility index (Phi) is 8.27. The van der Waals surface area contributed by atoms with Crippen molar-refractivity contribution in [3.63, 3.8) is 0 Å². The number of benzene rings is 2. The molecule has 0 spiro atoms. The maximum atomic E-state index is 12.2. The van der Waals surface area contributed by atoms with Gasteiger partial charge in [-0.1, -0.05) is 18.7 Å². The molecule has 0 atom stereocenters. The monoisotopic (exact) mass is 395 g/mol. The zero-order valence-corrected chi connectivity index (χ0v) is 17.3. The molecule has 2 amide bonds. The van der Waals surface area contributed by atoms with Gasteiger partial charge in [-0.15, -0.1) is 0 Å². The zero-order valence-electron chi connectivity index (χ0n) is 17.3. The number of amides is 2. The van der Waals surface area contributed by atoms with Crippen LogP contribution in [0.15, 0.2) is 60.7 Å². The average molecular weight is 396 g/mol. The Labute approximate surface area is 172 Å². The van der Waals surface area contributed by atoms with E-state index < -0.39 is 0 Å². The summed E-state index contributed by atoms with van der Waals surface area (Å²) in [5.74, 6) is 0.682. The molecule has 0 aromatic heterocycles. The van der Waals surface area contributed by atoms with E-state index in [0.717, 1.165) is 22.6 Å². The molecule has 2 N–H and O–H groups in total. The Morgan fingerprint density at radius 3 is 2.45 bits per heavy atom. The number of rotatable bonds is 10. The molecular weight excluding hydrogens is 366 g/mol. The first-order chi connectivity index (χ1) is 13.8. The molecule has 0 unspecified atom stereocenters. The number of hydrogen-bond donors (Lipinski definition) is 2. The van der Waals surface area contributed by atoms with E-state index in [1.54, 1.807) is 31.1 Å². The van der Waals surface area contributed by atoms with Crippen molar-refractivity contribution in [1.29, 1.82) is 0 Å². The van der Waals surface area contributed by atoms with Gasteiger partial charge in [-0.25, -0.2) is 0 Å². The summed E-state index contributed by atoms with van der Waals surface area (Å²) in [6.45, 7) is 6.32. The Morgan fingerprint density at radius 2 is 1.79 bits per heavy atom. The van der Waals surface area contributed by atoms with Gasteiger partial charge in [0, 0.05) is 31.9 Å². The van der Waals surface area contributed by atoms with Crippen molar-refractivity contribution < 1.29 is 14.3 Å². The molecule has 0 heterocycles. The Morgan fingerprint density at radius 1 is 1.07 bits per heavy atom. The molecule has 0 radical (unpaired) electrons. The van der Waals surface area contributed by atoms with E-state index in [9.17, 15) is 9.59 Å². The number of ether oxygens (including phenoxy) is 1. The number of carbonyl (C=O) groups excluding carboxylic acids is 2. The third-order valence-electron chi connectivity index (χ3n) is 4.13. The summed E-state index contributed by atoms with van der Waals surface area (Å²) in [6.07, 6.45) is 1.13. The van der Waals surface area contributed by atoms with Gasteiger partial charge in [-0.2, -0.15) is 0 Å². The molecule has 2 aromatic carbocycles. The maximum Gasteiger partial charge on any atom is 0.243 e. The second-order valence-corrected chi connectivity index (χ2v) is 7.16. The number of nitrogens with zero attached hydrogens (tertiary/aromatic N) is 1. The molecule has 6 nitrogen and oxygen atoms in total. The van der Waals surface area contributed by atoms with Gasteiger partial charge < -0.3 is 20.3 Å². The quantitative estimate of drug-likeness (QED) is 0.602. The minimum atomic E-state index is -0.145. The second kappa shape index (κ2) is 10.9. The fourth-order valence-electron chi connectivity index (χ4n) is 2.54. The minimum Gasteiger partial charge on any atom is -0.489 e. The van der Waals surface area contributed by atoms with Gasteiger partial charge in [0.2, 0.25) is 11.8 Å². The van der Waals surface area contributed by atoms with Crippen molar-refractivity contribution in [3.8, 4) is 5.75 Å². The number of aryl methyl sites for hydroxylation is 1. The lowest BCUT2D eigenvalue weighted by Crippen LogP contribution is -2.22. The molecule has 0 saturated heterocycles. The highest BCUT2D eigenvalue weighted by Gasteiger charge is 2.06. The molecule has 0 fully saturated rings. The summed E-state index contributed by atoms with van der Waals surface area (Å²) in [4.78, 5) is 25.5. The lowest BCUT2D eigenvalue weighted by atomic mass is 10.1. The van der Waals surface area contributed by atoms with Crippen molar-refractivity contribution >= 4 is 23.2 Å². The third-order valence-corrected chi connectivity index (χ3v) is 4.13. The van der Waals surface area contributed by atoms with Crippen LogP contribution in [0.2, 0.25) is 0 Å². The van der Waals surface area contributed by atoms with Gasteiger partial charge >= 0.3 is 0 Å². The minimum absolute atomic E-state index is 0.0961. The fourth-order valence-corrected chi connectivity index (χ4v) is 2.54. The molecule has 0 aliphatic heterocycles. The second-order valence-electron chi connectivity index (χ2n) is 7.16. The van der Waals surface area contributed by atoms with Crippen molar-refractivity contribution in [3.05, 3.63) is 66.2 Å². The summed E-state index contributed by atoms with van der Waals surface area (Å²) in [5, 5.41) is 5.96. The van der Waals surface area contributed by atoms with Crippen LogP contribution in [0, 0.1) is 0 Å². The summed E-state index contributed by atoms with van der Waals surface area (Å²) in [6, 6.07) is 15.0. The van der Waals surface area contributed by atoms with E-state index in [-0.39, 0.29) is 18.4 Å². The first kappa shape index (κ1) is 22.0.